The maximum atomic E-state index is 11.7. The van der Waals surface area contributed by atoms with Gasteiger partial charge in [-0.3, -0.25) is 0 Å². The van der Waals surface area contributed by atoms with Crippen molar-refractivity contribution in [1.82, 2.24) is 0 Å². The van der Waals surface area contributed by atoms with Crippen LogP contribution in [0.15, 0.2) is 20.9 Å². The summed E-state index contributed by atoms with van der Waals surface area (Å²) in [6.45, 7) is -0.765. The molecule has 1 radical (unpaired) electrons. The molecule has 1 aliphatic rings. The molecule has 0 saturated heterocycles. The summed E-state index contributed by atoms with van der Waals surface area (Å²) in [7, 11) is 0. The Morgan fingerprint density at radius 1 is 1.24 bits per heavy atom. The van der Waals surface area contributed by atoms with Crippen molar-refractivity contribution in [2.75, 3.05) is 6.61 Å². The van der Waals surface area contributed by atoms with Gasteiger partial charge in [0.15, 0.2) is 0 Å². The number of carbonyl (C=O) groups excluding carboxylic acids is 1. The molecule has 0 bridgehead atoms. The van der Waals surface area contributed by atoms with Crippen LogP contribution in [-0.4, -0.2) is 79.7 Å². The molecule has 0 aromatic heterocycles. The minimum absolute atomic E-state index is 0.478. The quantitative estimate of drug-likeness (QED) is 0.336. The van der Waals surface area contributed by atoms with Crippen LogP contribution in [0.4, 0.5) is 0 Å². The molecule has 0 aromatic carbocycles. The number of rotatable bonds is 6. The summed E-state index contributed by atoms with van der Waals surface area (Å²) < 4.78 is 2.35. The second-order valence-corrected chi connectivity index (χ2v) is 6.53. The molecule has 0 unspecified atom stereocenters. The van der Waals surface area contributed by atoms with Crippen molar-refractivity contribution in [1.29, 1.82) is 0 Å². The first-order valence-electron chi connectivity index (χ1n) is 5.08. The summed E-state index contributed by atoms with van der Waals surface area (Å²) in [5, 5.41) is 46.1. The zero-order valence-electron chi connectivity index (χ0n) is 8.97. The predicted octanol–water partition coefficient (Wildman–Crippen LogP) is -2.89. The van der Waals surface area contributed by atoms with Crippen molar-refractivity contribution in [3.63, 3.8) is 0 Å². The molecule has 5 N–H and O–H groups in total. The molecule has 93 valence electrons. The number of ketones is 1. The second kappa shape index (κ2) is 6.50. The van der Waals surface area contributed by atoms with Crippen LogP contribution in [0.25, 0.3) is 0 Å². The summed E-state index contributed by atoms with van der Waals surface area (Å²) >= 11 is -0.999. The van der Waals surface area contributed by atoms with Crippen molar-refractivity contribution in [3.05, 3.63) is 20.9 Å². The molecule has 0 aromatic rings. The van der Waals surface area contributed by atoms with E-state index in [9.17, 15) is 20.1 Å². The standard InChI is InChI=1S/C10H14O6.Ga/c1-2-3-4-6(12)8(14)10(16)9(15)7(13)5-11;/h1-3,7-11,13-16H,5H2;/t7-,8+,9-,10-;/m1./s1. The molecule has 0 spiro atoms. The van der Waals surface area contributed by atoms with Gasteiger partial charge in [0.1, 0.15) is 0 Å². The monoisotopic (exact) mass is 299 g/mol. The number of aliphatic hydroxyl groups excluding tert-OH is 5. The van der Waals surface area contributed by atoms with Crippen LogP contribution < -0.4 is 0 Å². The Morgan fingerprint density at radius 2 is 1.88 bits per heavy atom. The van der Waals surface area contributed by atoms with E-state index in [1.54, 1.807) is 12.2 Å². The Morgan fingerprint density at radius 3 is 2.35 bits per heavy atom. The van der Waals surface area contributed by atoms with E-state index in [2.05, 4.69) is 0 Å². The molecule has 17 heavy (non-hydrogen) atoms. The molecule has 0 aliphatic carbocycles. The summed E-state index contributed by atoms with van der Waals surface area (Å²) in [5.41, 5.74) is 0. The molecule has 6 nitrogen and oxygen atoms in total. The van der Waals surface area contributed by atoms with E-state index in [0.717, 1.165) is 0 Å². The van der Waals surface area contributed by atoms with E-state index < -0.39 is 54.2 Å². The number of hydrogen-bond acceptors (Lipinski definition) is 6. The van der Waals surface area contributed by atoms with Gasteiger partial charge in [0, 0.05) is 0 Å². The SMILES string of the molecule is O=C([C]1=CC=[CH][Ga]1)[C@H](O)[C@@H](O)[C@H](O)[C@H](O)CO. The van der Waals surface area contributed by atoms with E-state index in [1.165, 1.54) is 0 Å². The molecule has 0 fully saturated rings. The molecule has 0 amide bonds. The van der Waals surface area contributed by atoms with Crippen LogP contribution in [0.3, 0.4) is 0 Å². The average molecular weight is 300 g/mol. The van der Waals surface area contributed by atoms with E-state index in [1.807, 2.05) is 4.63 Å². The van der Waals surface area contributed by atoms with Crippen molar-refractivity contribution in [2.24, 2.45) is 0 Å². The van der Waals surface area contributed by atoms with Gasteiger partial charge in [-0.25, -0.2) is 0 Å². The fraction of sp³-hybridized carbons (Fsp3) is 0.500. The molecular weight excluding hydrogens is 286 g/mol. The predicted molar refractivity (Wildman–Crippen MR) is 59.1 cm³/mol. The molecule has 0 saturated carbocycles. The van der Waals surface area contributed by atoms with Gasteiger partial charge in [-0.2, -0.15) is 0 Å². The van der Waals surface area contributed by atoms with Crippen molar-refractivity contribution >= 4 is 23.2 Å². The summed E-state index contributed by atoms with van der Waals surface area (Å²) in [6.07, 6.45) is -3.67. The third-order valence-corrected chi connectivity index (χ3v) is 5.09. The van der Waals surface area contributed by atoms with E-state index in [4.69, 9.17) is 10.2 Å². The molecular formula is C10H14GaO6. The van der Waals surface area contributed by atoms with Crippen molar-refractivity contribution < 1.29 is 30.3 Å². The fourth-order valence-electron chi connectivity index (χ4n) is 1.39. The number of hydrogen-bond donors (Lipinski definition) is 5. The van der Waals surface area contributed by atoms with E-state index in [-0.39, 0.29) is 0 Å². The second-order valence-electron chi connectivity index (χ2n) is 3.71. The van der Waals surface area contributed by atoms with Gasteiger partial charge >= 0.3 is 105 Å². The summed E-state index contributed by atoms with van der Waals surface area (Å²) in [6, 6.07) is 0. The van der Waals surface area contributed by atoms with Gasteiger partial charge in [0.25, 0.3) is 0 Å². The summed E-state index contributed by atoms with van der Waals surface area (Å²) in [4.78, 5) is 11.7. The Bertz CT molecular complexity index is 340. The molecule has 1 heterocycles. The molecule has 7 heteroatoms. The Balaban J connectivity index is 2.62. The fourth-order valence-corrected chi connectivity index (χ4v) is 3.46. The van der Waals surface area contributed by atoms with Crippen molar-refractivity contribution in [2.45, 2.75) is 24.4 Å². The molecule has 1 aliphatic heterocycles. The number of carbonyl (C=O) groups is 1. The van der Waals surface area contributed by atoms with Crippen LogP contribution in [0.1, 0.15) is 0 Å². The van der Waals surface area contributed by atoms with Gasteiger partial charge in [0.05, 0.1) is 0 Å². The summed E-state index contributed by atoms with van der Waals surface area (Å²) in [5.74, 6) is -0.633. The zero-order chi connectivity index (χ0) is 13.0. The van der Waals surface area contributed by atoms with E-state index in [0.29, 0.717) is 4.13 Å². The van der Waals surface area contributed by atoms with Crippen LogP contribution >= 0.6 is 0 Å². The van der Waals surface area contributed by atoms with Gasteiger partial charge < -0.3 is 0 Å². The minimum atomic E-state index is -1.82. The maximum absolute atomic E-state index is 11.7. The Labute approximate surface area is 106 Å². The number of allylic oxidation sites excluding steroid dienone is 2. The van der Waals surface area contributed by atoms with Crippen LogP contribution in [0, 0.1) is 0 Å². The van der Waals surface area contributed by atoms with Gasteiger partial charge in [-0.05, 0) is 0 Å². The van der Waals surface area contributed by atoms with Crippen molar-refractivity contribution in [3.8, 4) is 0 Å². The third kappa shape index (κ3) is 3.52. The van der Waals surface area contributed by atoms with Crippen LogP contribution in [0.2, 0.25) is 0 Å². The van der Waals surface area contributed by atoms with Gasteiger partial charge in [-0.15, -0.1) is 0 Å². The van der Waals surface area contributed by atoms with E-state index >= 15 is 0 Å². The Hall–Kier alpha value is -0.414. The first-order chi connectivity index (χ1) is 7.99. The average Bonchev–Trinajstić information content (AvgIpc) is 2.87. The van der Waals surface area contributed by atoms with Gasteiger partial charge in [0.2, 0.25) is 0 Å². The normalized spacial score (nSPS) is 21.4. The molecule has 1 rings (SSSR count). The number of aliphatic hydroxyl groups is 5. The molecule has 4 atom stereocenters. The third-order valence-electron chi connectivity index (χ3n) is 2.47. The number of Topliss-reactive ketones (excluding diaryl/α,β-unsaturated/α-hetero) is 1. The van der Waals surface area contributed by atoms with Gasteiger partial charge in [-0.1, -0.05) is 0 Å². The van der Waals surface area contributed by atoms with Crippen LogP contribution in [0.5, 0.6) is 0 Å². The topological polar surface area (TPSA) is 118 Å². The van der Waals surface area contributed by atoms with Crippen LogP contribution in [-0.2, 0) is 4.79 Å². The Kier molecular flexibility index (Phi) is 5.60. The zero-order valence-corrected chi connectivity index (χ0v) is 11.4. The first-order valence-corrected chi connectivity index (χ1v) is 7.69. The first kappa shape index (κ1) is 14.6.